The van der Waals surface area contributed by atoms with E-state index in [2.05, 4.69) is 5.10 Å². The third kappa shape index (κ3) is 1.56. The Morgan fingerprint density at radius 2 is 2.62 bits per heavy atom. The summed E-state index contributed by atoms with van der Waals surface area (Å²) in [5.74, 6) is 0.923. The number of rotatable bonds is 2. The number of fused-ring (bicyclic) bond motifs is 1. The molecule has 2 heterocycles. The van der Waals surface area contributed by atoms with Gasteiger partial charge in [-0.1, -0.05) is 0 Å². The van der Waals surface area contributed by atoms with Gasteiger partial charge in [0.1, 0.15) is 5.78 Å². The fraction of sp³-hybridized carbons (Fsp3) is 0.556. The van der Waals surface area contributed by atoms with Gasteiger partial charge in [-0.25, -0.2) is 4.68 Å². The van der Waals surface area contributed by atoms with E-state index in [4.69, 9.17) is 4.74 Å². The summed E-state index contributed by atoms with van der Waals surface area (Å²) >= 11 is 0. The lowest BCUT2D eigenvalue weighted by molar-refractivity contribution is -0.116. The van der Waals surface area contributed by atoms with Crippen molar-refractivity contribution in [1.82, 2.24) is 9.78 Å². The summed E-state index contributed by atoms with van der Waals surface area (Å²) < 4.78 is 7.26. The maximum atomic E-state index is 10.9. The molecule has 13 heavy (non-hydrogen) atoms. The molecular formula is C9H12N2O2. The molecule has 1 aromatic heterocycles. The van der Waals surface area contributed by atoms with Crippen molar-refractivity contribution < 1.29 is 9.53 Å². The Hall–Kier alpha value is -1.32. The number of nitrogens with zero attached hydrogens (tertiary/aromatic N) is 2. The Balaban J connectivity index is 2.26. The minimum atomic E-state index is 0.143. The number of ether oxygens (including phenoxy) is 1. The van der Waals surface area contributed by atoms with E-state index < -0.39 is 0 Å². The Bertz CT molecular complexity index is 330. The average Bonchev–Trinajstić information content (AvgIpc) is 2.48. The van der Waals surface area contributed by atoms with Gasteiger partial charge in [0.05, 0.1) is 12.8 Å². The van der Waals surface area contributed by atoms with Crippen LogP contribution in [0.15, 0.2) is 6.20 Å². The topological polar surface area (TPSA) is 44.1 Å². The highest BCUT2D eigenvalue weighted by Gasteiger charge is 2.16. The zero-order valence-corrected chi connectivity index (χ0v) is 7.62. The summed E-state index contributed by atoms with van der Waals surface area (Å²) in [6.07, 6.45) is 3.14. The summed E-state index contributed by atoms with van der Waals surface area (Å²) in [7, 11) is 0. The number of hydrogen-bond donors (Lipinski definition) is 0. The molecule has 2 rings (SSSR count). The quantitative estimate of drug-likeness (QED) is 0.676. The predicted molar refractivity (Wildman–Crippen MR) is 46.7 cm³/mol. The number of hydrogen-bond acceptors (Lipinski definition) is 3. The van der Waals surface area contributed by atoms with Crippen molar-refractivity contribution in [2.75, 3.05) is 6.61 Å². The first-order valence-electron chi connectivity index (χ1n) is 4.44. The van der Waals surface area contributed by atoms with Crippen molar-refractivity contribution in [3.8, 4) is 5.88 Å². The van der Waals surface area contributed by atoms with Crippen LogP contribution in [0.4, 0.5) is 0 Å². The minimum absolute atomic E-state index is 0.143. The molecule has 0 aliphatic carbocycles. The second-order valence-electron chi connectivity index (χ2n) is 3.28. The smallest absolute Gasteiger partial charge is 0.215 e. The first kappa shape index (κ1) is 8.29. The Morgan fingerprint density at radius 3 is 3.38 bits per heavy atom. The summed E-state index contributed by atoms with van der Waals surface area (Å²) in [5, 5.41) is 4.15. The lowest BCUT2D eigenvalue weighted by Gasteiger charge is -2.15. The van der Waals surface area contributed by atoms with E-state index in [1.54, 1.807) is 13.1 Å². The number of carbonyl (C=O) groups excluding carboxylic acids is 1. The van der Waals surface area contributed by atoms with Crippen LogP contribution in [0, 0.1) is 0 Å². The van der Waals surface area contributed by atoms with Crippen LogP contribution in [0.3, 0.4) is 0 Å². The third-order valence-electron chi connectivity index (χ3n) is 2.05. The number of aromatic nitrogens is 2. The molecule has 0 saturated carbocycles. The number of Topliss-reactive ketones (excluding diaryl/α,β-unsaturated/α-hetero) is 1. The Morgan fingerprint density at radius 1 is 1.77 bits per heavy atom. The second-order valence-corrected chi connectivity index (χ2v) is 3.28. The highest BCUT2D eigenvalue weighted by Crippen LogP contribution is 2.22. The first-order chi connectivity index (χ1) is 6.27. The number of carbonyl (C=O) groups is 1. The van der Waals surface area contributed by atoms with Crippen molar-refractivity contribution in [3.05, 3.63) is 11.8 Å². The number of aryl methyl sites for hydroxylation is 1. The third-order valence-corrected chi connectivity index (χ3v) is 2.05. The normalized spacial score (nSPS) is 14.8. The molecule has 1 aliphatic rings. The lowest BCUT2D eigenvalue weighted by Crippen LogP contribution is -2.15. The SMILES string of the molecule is CC(=O)Cc1cnn2c1OCCC2. The molecule has 0 radical (unpaired) electrons. The lowest BCUT2D eigenvalue weighted by atomic mass is 10.2. The van der Waals surface area contributed by atoms with Crippen LogP contribution < -0.4 is 4.74 Å². The standard InChI is InChI=1S/C9H12N2O2/c1-7(12)5-8-6-10-11-3-2-4-13-9(8)11/h6H,2-5H2,1H3. The molecule has 0 unspecified atom stereocenters. The molecule has 1 aliphatic heterocycles. The van der Waals surface area contributed by atoms with Gasteiger partial charge in [-0.15, -0.1) is 0 Å². The molecule has 0 fully saturated rings. The Kier molecular flexibility index (Phi) is 2.04. The summed E-state index contributed by atoms with van der Waals surface area (Å²) in [5.41, 5.74) is 0.909. The fourth-order valence-electron chi connectivity index (χ4n) is 1.51. The van der Waals surface area contributed by atoms with E-state index in [1.165, 1.54) is 0 Å². The monoisotopic (exact) mass is 180 g/mol. The zero-order chi connectivity index (χ0) is 9.26. The molecule has 0 aromatic carbocycles. The second kappa shape index (κ2) is 3.20. The van der Waals surface area contributed by atoms with E-state index in [0.29, 0.717) is 6.42 Å². The zero-order valence-electron chi connectivity index (χ0n) is 7.62. The molecule has 0 amide bonds. The van der Waals surface area contributed by atoms with E-state index in [9.17, 15) is 4.79 Å². The maximum Gasteiger partial charge on any atom is 0.215 e. The summed E-state index contributed by atoms with van der Waals surface area (Å²) in [6, 6.07) is 0. The minimum Gasteiger partial charge on any atom is -0.478 e. The van der Waals surface area contributed by atoms with Gasteiger partial charge in [0.2, 0.25) is 5.88 Å². The molecule has 4 nitrogen and oxygen atoms in total. The summed E-state index contributed by atoms with van der Waals surface area (Å²) in [4.78, 5) is 10.9. The summed E-state index contributed by atoms with van der Waals surface area (Å²) in [6.45, 7) is 3.21. The van der Waals surface area contributed by atoms with Crippen molar-refractivity contribution in [2.24, 2.45) is 0 Å². The van der Waals surface area contributed by atoms with Crippen LogP contribution in [-0.2, 0) is 17.8 Å². The van der Waals surface area contributed by atoms with Crippen molar-refractivity contribution >= 4 is 5.78 Å². The van der Waals surface area contributed by atoms with Gasteiger partial charge in [-0.05, 0) is 6.92 Å². The van der Waals surface area contributed by atoms with E-state index in [0.717, 1.165) is 31.0 Å². The van der Waals surface area contributed by atoms with Crippen molar-refractivity contribution in [2.45, 2.75) is 26.3 Å². The van der Waals surface area contributed by atoms with Crippen molar-refractivity contribution in [1.29, 1.82) is 0 Å². The van der Waals surface area contributed by atoms with Crippen LogP contribution in [0.25, 0.3) is 0 Å². The molecule has 0 saturated heterocycles. The van der Waals surface area contributed by atoms with Gasteiger partial charge in [0.15, 0.2) is 0 Å². The van der Waals surface area contributed by atoms with E-state index in [1.807, 2.05) is 4.68 Å². The van der Waals surface area contributed by atoms with Gasteiger partial charge < -0.3 is 4.74 Å². The van der Waals surface area contributed by atoms with Crippen LogP contribution in [0.1, 0.15) is 18.9 Å². The molecule has 0 N–H and O–H groups in total. The molecule has 4 heteroatoms. The van der Waals surface area contributed by atoms with Gasteiger partial charge >= 0.3 is 0 Å². The van der Waals surface area contributed by atoms with Crippen LogP contribution >= 0.6 is 0 Å². The molecule has 0 atom stereocenters. The molecular weight excluding hydrogens is 168 g/mol. The molecule has 70 valence electrons. The van der Waals surface area contributed by atoms with Crippen LogP contribution in [0.5, 0.6) is 5.88 Å². The van der Waals surface area contributed by atoms with E-state index in [-0.39, 0.29) is 5.78 Å². The molecule has 1 aromatic rings. The van der Waals surface area contributed by atoms with Crippen LogP contribution in [-0.4, -0.2) is 22.2 Å². The Labute approximate surface area is 76.5 Å². The van der Waals surface area contributed by atoms with Gasteiger partial charge in [0, 0.05) is 24.9 Å². The van der Waals surface area contributed by atoms with Gasteiger partial charge in [0.25, 0.3) is 0 Å². The highest BCUT2D eigenvalue weighted by molar-refractivity contribution is 5.78. The largest absolute Gasteiger partial charge is 0.478 e. The molecule has 0 bridgehead atoms. The number of ketones is 1. The van der Waals surface area contributed by atoms with Crippen molar-refractivity contribution in [3.63, 3.8) is 0 Å². The van der Waals surface area contributed by atoms with Crippen LogP contribution in [0.2, 0.25) is 0 Å². The first-order valence-corrected chi connectivity index (χ1v) is 4.44. The fourth-order valence-corrected chi connectivity index (χ4v) is 1.51. The van der Waals surface area contributed by atoms with E-state index >= 15 is 0 Å². The molecule has 0 spiro atoms. The predicted octanol–water partition coefficient (Wildman–Crippen LogP) is 0.797. The highest BCUT2D eigenvalue weighted by atomic mass is 16.5. The average molecular weight is 180 g/mol. The maximum absolute atomic E-state index is 10.9. The van der Waals surface area contributed by atoms with Gasteiger partial charge in [-0.2, -0.15) is 5.10 Å². The van der Waals surface area contributed by atoms with Gasteiger partial charge in [-0.3, -0.25) is 4.79 Å².